The van der Waals surface area contributed by atoms with Gasteiger partial charge in [-0.05, 0) is 18.9 Å². The summed E-state index contributed by atoms with van der Waals surface area (Å²) in [5.74, 6) is -2.71. The number of esters is 2. The minimum absolute atomic E-state index is 0.0429. The lowest BCUT2D eigenvalue weighted by molar-refractivity contribution is -0.154. The molecule has 35 heavy (non-hydrogen) atoms. The summed E-state index contributed by atoms with van der Waals surface area (Å²) >= 11 is 0. The second-order valence-electron chi connectivity index (χ2n) is 8.61. The molecule has 0 saturated carbocycles. The zero-order valence-corrected chi connectivity index (χ0v) is 21.1. The van der Waals surface area contributed by atoms with Crippen molar-refractivity contribution in [1.82, 2.24) is 4.98 Å². The number of carbonyl (C=O) groups is 3. The zero-order valence-electron chi connectivity index (χ0n) is 21.1. The first-order valence-electron chi connectivity index (χ1n) is 11.3. The summed E-state index contributed by atoms with van der Waals surface area (Å²) in [6.07, 6.45) is 0.561. The summed E-state index contributed by atoms with van der Waals surface area (Å²) < 4.78 is 35.0. The Morgan fingerprint density at radius 1 is 1.00 bits per heavy atom. The third kappa shape index (κ3) is 7.00. The van der Waals surface area contributed by atoms with E-state index >= 15 is 0 Å². The van der Waals surface area contributed by atoms with Crippen LogP contribution in [-0.4, -0.2) is 43.0 Å². The number of Topliss-reactive ketones (excluding diaryl/α,β-unsaturated/α-hetero) is 1. The smallest absolute Gasteiger partial charge is 0.309 e. The predicted molar refractivity (Wildman–Crippen MR) is 126 cm³/mol. The number of halogens is 1. The van der Waals surface area contributed by atoms with Crippen molar-refractivity contribution < 1.29 is 37.7 Å². The predicted octanol–water partition coefficient (Wildman–Crippen LogP) is 4.74. The van der Waals surface area contributed by atoms with Gasteiger partial charge in [-0.1, -0.05) is 26.8 Å². The molecule has 0 aliphatic carbocycles. The van der Waals surface area contributed by atoms with Gasteiger partial charge in [-0.2, -0.15) is 0 Å². The van der Waals surface area contributed by atoms with Crippen LogP contribution in [-0.2, 0) is 14.3 Å². The lowest BCUT2D eigenvalue weighted by atomic mass is 9.83. The summed E-state index contributed by atoms with van der Waals surface area (Å²) in [7, 11) is 2.83. The highest BCUT2D eigenvalue weighted by atomic mass is 19.1. The molecule has 0 spiro atoms. The second kappa shape index (κ2) is 12.3. The fourth-order valence-electron chi connectivity index (χ4n) is 3.98. The normalized spacial score (nSPS) is 13.5. The molecule has 0 N–H and O–H groups in total. The highest BCUT2D eigenvalue weighted by molar-refractivity contribution is 5.99. The fourth-order valence-corrected chi connectivity index (χ4v) is 3.98. The molecule has 8 nitrogen and oxygen atoms in total. The van der Waals surface area contributed by atoms with E-state index in [4.69, 9.17) is 18.9 Å². The van der Waals surface area contributed by atoms with Crippen molar-refractivity contribution in [3.63, 3.8) is 0 Å². The number of rotatable bonds is 11. The van der Waals surface area contributed by atoms with Crippen molar-refractivity contribution in [2.45, 2.75) is 53.1 Å². The number of hydrogen-bond donors (Lipinski definition) is 0. The average Bonchev–Trinajstić information content (AvgIpc) is 2.79. The molecule has 0 amide bonds. The molecule has 0 radical (unpaired) electrons. The third-order valence-corrected chi connectivity index (χ3v) is 5.57. The number of carbonyl (C=O) groups excluding carboxylic acids is 3. The Morgan fingerprint density at radius 2 is 1.66 bits per heavy atom. The van der Waals surface area contributed by atoms with Gasteiger partial charge in [0.15, 0.2) is 17.2 Å². The minimum Gasteiger partial charge on any atom is -0.496 e. The van der Waals surface area contributed by atoms with Crippen molar-refractivity contribution >= 4 is 17.7 Å². The van der Waals surface area contributed by atoms with Crippen LogP contribution in [0.5, 0.6) is 17.2 Å². The van der Waals surface area contributed by atoms with Gasteiger partial charge in [0.1, 0.15) is 17.7 Å². The van der Waals surface area contributed by atoms with Gasteiger partial charge in [-0.25, -0.2) is 9.37 Å². The van der Waals surface area contributed by atoms with Crippen LogP contribution in [0.1, 0.15) is 63.0 Å². The van der Waals surface area contributed by atoms with Crippen LogP contribution in [0, 0.1) is 17.7 Å². The number of hydrogen-bond acceptors (Lipinski definition) is 8. The molecule has 0 aliphatic rings. The van der Waals surface area contributed by atoms with Crippen molar-refractivity contribution in [3.8, 4) is 17.2 Å². The van der Waals surface area contributed by atoms with Gasteiger partial charge < -0.3 is 18.9 Å². The maximum absolute atomic E-state index is 13.7. The summed E-state index contributed by atoms with van der Waals surface area (Å²) in [4.78, 5) is 41.3. The van der Waals surface area contributed by atoms with Gasteiger partial charge in [-0.15, -0.1) is 0 Å². The van der Waals surface area contributed by atoms with Crippen LogP contribution >= 0.6 is 0 Å². The number of pyridine rings is 1. The number of ketones is 1. The molecular weight excluding hydrogens is 457 g/mol. The average molecular weight is 490 g/mol. The van der Waals surface area contributed by atoms with Crippen molar-refractivity contribution in [2.24, 2.45) is 11.8 Å². The Balaban J connectivity index is 2.19. The first kappa shape index (κ1) is 27.8. The van der Waals surface area contributed by atoms with Crippen LogP contribution in [0.15, 0.2) is 30.5 Å². The lowest BCUT2D eigenvalue weighted by Gasteiger charge is -2.29. The van der Waals surface area contributed by atoms with Gasteiger partial charge in [0.05, 0.1) is 20.1 Å². The fraction of sp³-hybridized carbons (Fsp3) is 0.462. The quantitative estimate of drug-likeness (QED) is 0.329. The van der Waals surface area contributed by atoms with E-state index in [1.165, 1.54) is 45.5 Å². The van der Waals surface area contributed by atoms with Crippen LogP contribution in [0.25, 0.3) is 0 Å². The molecule has 0 unspecified atom stereocenters. The van der Waals surface area contributed by atoms with E-state index in [9.17, 15) is 18.8 Å². The molecule has 0 bridgehead atoms. The number of methoxy groups -OCH3 is 2. The van der Waals surface area contributed by atoms with Crippen molar-refractivity contribution in [1.29, 1.82) is 0 Å². The summed E-state index contributed by atoms with van der Waals surface area (Å²) in [5, 5.41) is 0. The first-order valence-corrected chi connectivity index (χ1v) is 11.3. The monoisotopic (exact) mass is 489 g/mol. The lowest BCUT2D eigenvalue weighted by Crippen LogP contribution is -2.30. The van der Waals surface area contributed by atoms with Crippen molar-refractivity contribution in [2.75, 3.05) is 14.2 Å². The van der Waals surface area contributed by atoms with E-state index in [-0.39, 0.29) is 35.4 Å². The zero-order chi connectivity index (χ0) is 26.3. The molecule has 2 rings (SSSR count). The standard InChI is InChI=1S/C26H32FNO7/c1-14(2)23(19-9-8-18(27)13-22(19)33-7)16(4)34-26(31)15(3)12-20(30)24-25(35-17(5)29)21(32-6)10-11-28-24/h8-11,13-16,23H,12H2,1-7H3/t15-,16+,23-/m1/s1. The molecule has 1 aromatic carbocycles. The molecule has 1 heterocycles. The molecular formula is C26H32FNO7. The van der Waals surface area contributed by atoms with Gasteiger partial charge >= 0.3 is 11.9 Å². The second-order valence-corrected chi connectivity index (χ2v) is 8.61. The summed E-state index contributed by atoms with van der Waals surface area (Å²) in [6, 6.07) is 5.72. The van der Waals surface area contributed by atoms with E-state index in [1.54, 1.807) is 19.9 Å². The molecule has 1 aromatic heterocycles. The largest absolute Gasteiger partial charge is 0.496 e. The van der Waals surface area contributed by atoms with E-state index in [0.29, 0.717) is 5.75 Å². The first-order chi connectivity index (χ1) is 16.5. The maximum atomic E-state index is 13.7. The van der Waals surface area contributed by atoms with Gasteiger partial charge in [0, 0.05) is 43.2 Å². The number of ether oxygens (including phenoxy) is 4. The molecule has 3 atom stereocenters. The Morgan fingerprint density at radius 3 is 2.23 bits per heavy atom. The SMILES string of the molecule is COc1cc(F)ccc1[C@H](C(C)C)[C@H](C)OC(=O)[C@H](C)CC(=O)c1nccc(OC)c1OC(C)=O. The topological polar surface area (TPSA) is 101 Å². The third-order valence-electron chi connectivity index (χ3n) is 5.57. The molecule has 0 saturated heterocycles. The van der Waals surface area contributed by atoms with Gasteiger partial charge in [-0.3, -0.25) is 14.4 Å². The van der Waals surface area contributed by atoms with E-state index in [2.05, 4.69) is 4.98 Å². The van der Waals surface area contributed by atoms with Gasteiger partial charge in [0.2, 0.25) is 5.75 Å². The maximum Gasteiger partial charge on any atom is 0.309 e. The summed E-state index contributed by atoms with van der Waals surface area (Å²) in [5.41, 5.74) is 0.614. The molecule has 9 heteroatoms. The Bertz CT molecular complexity index is 1070. The van der Waals surface area contributed by atoms with E-state index in [0.717, 1.165) is 5.56 Å². The summed E-state index contributed by atoms with van der Waals surface area (Å²) in [6.45, 7) is 8.46. The molecule has 190 valence electrons. The molecule has 0 aliphatic heterocycles. The van der Waals surface area contributed by atoms with Crippen LogP contribution in [0.3, 0.4) is 0 Å². The van der Waals surface area contributed by atoms with Crippen LogP contribution < -0.4 is 14.2 Å². The Hall–Kier alpha value is -3.49. The number of nitrogens with zero attached hydrogens (tertiary/aromatic N) is 1. The van der Waals surface area contributed by atoms with Crippen LogP contribution in [0.2, 0.25) is 0 Å². The van der Waals surface area contributed by atoms with Crippen molar-refractivity contribution in [3.05, 3.63) is 47.5 Å². The molecule has 0 fully saturated rings. The Labute approximate surface area is 204 Å². The number of aromatic nitrogens is 1. The van der Waals surface area contributed by atoms with Gasteiger partial charge in [0.25, 0.3) is 0 Å². The van der Waals surface area contributed by atoms with E-state index < -0.39 is 35.6 Å². The van der Waals surface area contributed by atoms with Crippen LogP contribution in [0.4, 0.5) is 4.39 Å². The van der Waals surface area contributed by atoms with E-state index in [1.807, 2.05) is 13.8 Å². The highest BCUT2D eigenvalue weighted by Gasteiger charge is 2.31. The highest BCUT2D eigenvalue weighted by Crippen LogP contribution is 2.37. The Kier molecular flexibility index (Phi) is 9.74. The molecule has 2 aromatic rings. The minimum atomic E-state index is -0.800. The number of benzene rings is 1.